The molecule has 1 aromatic carbocycles. The molecule has 4 rings (SSSR count). The van der Waals surface area contributed by atoms with Gasteiger partial charge >= 0.3 is 0 Å². The summed E-state index contributed by atoms with van der Waals surface area (Å²) in [6.07, 6.45) is 8.90. The Bertz CT molecular complexity index is 651. The van der Waals surface area contributed by atoms with Gasteiger partial charge in [-0.2, -0.15) is 10.9 Å². The van der Waals surface area contributed by atoms with Crippen LogP contribution in [0.5, 0.6) is 0 Å². The normalized spacial score (nSPS) is 17.9. The monoisotopic (exact) mass is 253 g/mol. The molecular formula is C16H15NS. The first-order valence-corrected chi connectivity index (χ1v) is 7.83. The first kappa shape index (κ1) is 10.3. The molecule has 0 radical (unpaired) electrons. The molecule has 0 fully saturated rings. The minimum absolute atomic E-state index is 0.199. The maximum Gasteiger partial charge on any atom is 0.0500 e. The Kier molecular flexibility index (Phi) is 2.24. The van der Waals surface area contributed by atoms with Crippen molar-refractivity contribution >= 4 is 10.9 Å². The lowest BCUT2D eigenvalue weighted by Crippen LogP contribution is -2.03. The van der Waals surface area contributed by atoms with Crippen molar-refractivity contribution in [1.82, 2.24) is 4.98 Å². The van der Waals surface area contributed by atoms with Gasteiger partial charge in [0.1, 0.15) is 0 Å². The SMILES string of the molecule is C1=C[SH](c2c[nH]c3c2CCc2ccccc2-3)C=C1. The van der Waals surface area contributed by atoms with Crippen molar-refractivity contribution in [2.45, 2.75) is 17.7 Å². The minimum Gasteiger partial charge on any atom is -0.360 e. The lowest BCUT2D eigenvalue weighted by atomic mass is 9.90. The number of allylic oxidation sites excluding steroid dienone is 2. The lowest BCUT2D eigenvalue weighted by molar-refractivity contribution is 0.924. The Morgan fingerprint density at radius 3 is 2.72 bits per heavy atom. The number of aromatic amines is 1. The molecule has 0 atom stereocenters. The summed E-state index contributed by atoms with van der Waals surface area (Å²) >= 11 is 0. The zero-order valence-electron chi connectivity index (χ0n) is 10.1. The van der Waals surface area contributed by atoms with Gasteiger partial charge in [-0.05, 0) is 34.8 Å². The Labute approximate surface area is 110 Å². The smallest absolute Gasteiger partial charge is 0.0500 e. The first-order valence-electron chi connectivity index (χ1n) is 6.35. The summed E-state index contributed by atoms with van der Waals surface area (Å²) in [6, 6.07) is 8.76. The van der Waals surface area contributed by atoms with Gasteiger partial charge in [-0.15, -0.1) is 0 Å². The van der Waals surface area contributed by atoms with E-state index >= 15 is 0 Å². The van der Waals surface area contributed by atoms with Gasteiger partial charge in [0.2, 0.25) is 0 Å². The molecular weight excluding hydrogens is 238 g/mol. The average Bonchev–Trinajstić information content (AvgIpc) is 3.07. The predicted octanol–water partition coefficient (Wildman–Crippen LogP) is 4.18. The van der Waals surface area contributed by atoms with Crippen molar-refractivity contribution < 1.29 is 0 Å². The van der Waals surface area contributed by atoms with E-state index in [1.165, 1.54) is 40.1 Å². The summed E-state index contributed by atoms with van der Waals surface area (Å²) in [5.74, 6) is 0. The number of hydrogen-bond acceptors (Lipinski definition) is 0. The highest BCUT2D eigenvalue weighted by molar-refractivity contribution is 8.22. The molecule has 1 aliphatic heterocycles. The van der Waals surface area contributed by atoms with E-state index in [0.29, 0.717) is 0 Å². The van der Waals surface area contributed by atoms with Crippen LogP contribution in [0.1, 0.15) is 11.1 Å². The molecule has 18 heavy (non-hydrogen) atoms. The highest BCUT2D eigenvalue weighted by Crippen LogP contribution is 2.48. The van der Waals surface area contributed by atoms with Crippen LogP contribution >= 0.6 is 10.9 Å². The summed E-state index contributed by atoms with van der Waals surface area (Å²) in [7, 11) is -0.199. The maximum atomic E-state index is 3.51. The first-order chi connectivity index (χ1) is 8.93. The molecule has 0 amide bonds. The summed E-state index contributed by atoms with van der Waals surface area (Å²) in [5.41, 5.74) is 5.76. The van der Waals surface area contributed by atoms with Gasteiger partial charge in [0, 0.05) is 16.7 Å². The number of aromatic nitrogens is 1. The number of fused-ring (bicyclic) bond motifs is 3. The molecule has 1 aromatic heterocycles. The van der Waals surface area contributed by atoms with E-state index < -0.39 is 0 Å². The standard InChI is InChI=1S/C16H15NS/c1-2-6-13-12(5-1)7-8-14-15(11-17-16(13)14)18-9-3-4-10-18/h1-6,9-11,17-18H,7-8H2. The summed E-state index contributed by atoms with van der Waals surface area (Å²) in [5, 5.41) is 4.67. The summed E-state index contributed by atoms with van der Waals surface area (Å²) < 4.78 is 0. The van der Waals surface area contributed by atoms with Crippen LogP contribution in [-0.2, 0) is 12.8 Å². The van der Waals surface area contributed by atoms with Crippen LogP contribution in [0.3, 0.4) is 0 Å². The summed E-state index contributed by atoms with van der Waals surface area (Å²) in [6.45, 7) is 0. The quantitative estimate of drug-likeness (QED) is 0.709. The van der Waals surface area contributed by atoms with Crippen LogP contribution in [0.15, 0.2) is 58.3 Å². The van der Waals surface area contributed by atoms with Crippen LogP contribution in [0.25, 0.3) is 11.3 Å². The molecule has 0 saturated carbocycles. The van der Waals surface area contributed by atoms with Crippen LogP contribution in [0.4, 0.5) is 0 Å². The second-order valence-electron chi connectivity index (χ2n) is 4.77. The van der Waals surface area contributed by atoms with E-state index in [1.807, 2.05) is 0 Å². The van der Waals surface area contributed by atoms with Crippen molar-refractivity contribution in [3.05, 3.63) is 64.6 Å². The Morgan fingerprint density at radius 2 is 1.83 bits per heavy atom. The van der Waals surface area contributed by atoms with Gasteiger partial charge in [0.05, 0.1) is 5.69 Å². The number of thiol groups is 1. The molecule has 0 spiro atoms. The largest absolute Gasteiger partial charge is 0.360 e. The van der Waals surface area contributed by atoms with Crippen molar-refractivity contribution in [3.63, 3.8) is 0 Å². The zero-order chi connectivity index (χ0) is 11.9. The van der Waals surface area contributed by atoms with Crippen LogP contribution < -0.4 is 0 Å². The summed E-state index contributed by atoms with van der Waals surface area (Å²) in [4.78, 5) is 5.02. The number of benzene rings is 1. The van der Waals surface area contributed by atoms with Gasteiger partial charge in [0.25, 0.3) is 0 Å². The molecule has 0 saturated heterocycles. The highest BCUT2D eigenvalue weighted by atomic mass is 32.2. The van der Waals surface area contributed by atoms with Crippen molar-refractivity contribution in [2.75, 3.05) is 0 Å². The number of rotatable bonds is 1. The van der Waals surface area contributed by atoms with E-state index in [4.69, 9.17) is 0 Å². The molecule has 2 heterocycles. The van der Waals surface area contributed by atoms with Crippen LogP contribution in [0, 0.1) is 0 Å². The van der Waals surface area contributed by atoms with Crippen LogP contribution in [-0.4, -0.2) is 4.98 Å². The second kappa shape index (κ2) is 3.92. The second-order valence-corrected chi connectivity index (χ2v) is 6.67. The number of H-pyrrole nitrogens is 1. The molecule has 1 nitrogen and oxygen atoms in total. The van der Waals surface area contributed by atoms with Crippen molar-refractivity contribution in [1.29, 1.82) is 0 Å². The van der Waals surface area contributed by atoms with E-state index in [1.54, 1.807) is 0 Å². The molecule has 2 heteroatoms. The molecule has 90 valence electrons. The molecule has 0 unspecified atom stereocenters. The fourth-order valence-corrected chi connectivity index (χ4v) is 4.64. The third-order valence-corrected chi connectivity index (χ3v) is 5.72. The Balaban J connectivity index is 1.87. The Hall–Kier alpha value is -1.67. The van der Waals surface area contributed by atoms with Crippen molar-refractivity contribution in [2.24, 2.45) is 0 Å². The van der Waals surface area contributed by atoms with Gasteiger partial charge < -0.3 is 4.98 Å². The minimum atomic E-state index is -0.199. The third kappa shape index (κ3) is 1.42. The third-order valence-electron chi connectivity index (χ3n) is 3.78. The van der Waals surface area contributed by atoms with E-state index in [0.717, 1.165) is 0 Å². The van der Waals surface area contributed by atoms with E-state index in [9.17, 15) is 0 Å². The van der Waals surface area contributed by atoms with E-state index in [-0.39, 0.29) is 10.9 Å². The van der Waals surface area contributed by atoms with Crippen LogP contribution in [0.2, 0.25) is 0 Å². The van der Waals surface area contributed by atoms with Gasteiger partial charge in [-0.1, -0.05) is 36.4 Å². The zero-order valence-corrected chi connectivity index (χ0v) is 11.0. The van der Waals surface area contributed by atoms with Gasteiger partial charge in [-0.3, -0.25) is 0 Å². The van der Waals surface area contributed by atoms with E-state index in [2.05, 4.69) is 58.4 Å². The fraction of sp³-hybridized carbons (Fsp3) is 0.125. The van der Waals surface area contributed by atoms with Gasteiger partial charge in [-0.25, -0.2) is 0 Å². The average molecular weight is 253 g/mol. The maximum absolute atomic E-state index is 3.51. The number of aryl methyl sites for hydroxylation is 1. The molecule has 0 bridgehead atoms. The predicted molar refractivity (Wildman–Crippen MR) is 79.2 cm³/mol. The van der Waals surface area contributed by atoms with Crippen molar-refractivity contribution in [3.8, 4) is 11.3 Å². The fourth-order valence-electron chi connectivity index (χ4n) is 2.90. The highest BCUT2D eigenvalue weighted by Gasteiger charge is 2.21. The lowest BCUT2D eigenvalue weighted by Gasteiger charge is -2.19. The molecule has 2 aromatic rings. The molecule has 1 aliphatic carbocycles. The topological polar surface area (TPSA) is 15.8 Å². The molecule has 2 aliphatic rings. The number of hydrogen-bond donors (Lipinski definition) is 2. The Morgan fingerprint density at radius 1 is 1.00 bits per heavy atom. The van der Waals surface area contributed by atoms with Gasteiger partial charge in [0.15, 0.2) is 0 Å². The molecule has 1 N–H and O–H groups in total. The number of nitrogens with one attached hydrogen (secondary N) is 1.